The van der Waals surface area contributed by atoms with Crippen molar-refractivity contribution >= 4 is 44.8 Å². The van der Waals surface area contributed by atoms with Crippen molar-refractivity contribution in [1.29, 1.82) is 0 Å². The summed E-state index contributed by atoms with van der Waals surface area (Å²) in [6.07, 6.45) is 0. The van der Waals surface area contributed by atoms with Gasteiger partial charge in [0.15, 0.2) is 0 Å². The summed E-state index contributed by atoms with van der Waals surface area (Å²) in [6.45, 7) is 2.45. The van der Waals surface area contributed by atoms with Crippen LogP contribution in [0.1, 0.15) is 24.4 Å². The third-order valence-electron chi connectivity index (χ3n) is 4.60. The highest BCUT2D eigenvalue weighted by molar-refractivity contribution is 7.17. The van der Waals surface area contributed by atoms with E-state index in [0.717, 1.165) is 16.7 Å². The minimum atomic E-state index is -0.164. The van der Waals surface area contributed by atoms with Crippen molar-refractivity contribution in [3.05, 3.63) is 85.7 Å². The molecule has 4 aromatic rings. The summed E-state index contributed by atoms with van der Waals surface area (Å²) in [4.78, 5) is 21.0. The summed E-state index contributed by atoms with van der Waals surface area (Å²) < 4.78 is 0. The quantitative estimate of drug-likeness (QED) is 0.420. The van der Waals surface area contributed by atoms with Gasteiger partial charge in [0.25, 0.3) is 5.56 Å². The van der Waals surface area contributed by atoms with E-state index in [0.29, 0.717) is 32.6 Å². The van der Waals surface area contributed by atoms with Crippen molar-refractivity contribution in [3.63, 3.8) is 0 Å². The fourth-order valence-electron chi connectivity index (χ4n) is 3.14. The number of nitrogens with zero attached hydrogens (tertiary/aromatic N) is 1. The topological polar surface area (TPSA) is 57.8 Å². The highest BCUT2D eigenvalue weighted by atomic mass is 35.5. The van der Waals surface area contributed by atoms with Crippen LogP contribution < -0.4 is 10.9 Å². The predicted octanol–water partition coefficient (Wildman–Crippen LogP) is 5.81. The van der Waals surface area contributed by atoms with E-state index in [2.05, 4.69) is 15.3 Å². The lowest BCUT2D eigenvalue weighted by Crippen LogP contribution is -2.22. The van der Waals surface area contributed by atoms with Crippen molar-refractivity contribution < 1.29 is 0 Å². The molecule has 0 saturated carbocycles. The van der Waals surface area contributed by atoms with E-state index in [1.54, 1.807) is 0 Å². The lowest BCUT2D eigenvalue weighted by molar-refractivity contribution is 0.560. The number of hydrogen-bond acceptors (Lipinski definition) is 4. The van der Waals surface area contributed by atoms with Crippen molar-refractivity contribution in [1.82, 2.24) is 15.3 Å². The number of rotatable bonds is 5. The standard InChI is InChI=1S/C21H17Cl2N3OS/c1-12(13-6-2-4-8-16(13)22)24-10-18-25-20(27)19-15(11-28-21(19)26-18)14-7-3-5-9-17(14)23/h2-9,11-12,24H,10H2,1H3,(H,25,26,27)/t12-/m1/s1. The van der Waals surface area contributed by atoms with Crippen molar-refractivity contribution in [3.8, 4) is 11.1 Å². The average Bonchev–Trinajstić information content (AvgIpc) is 3.11. The molecule has 7 heteroatoms. The number of benzene rings is 2. The fraction of sp³-hybridized carbons (Fsp3) is 0.143. The summed E-state index contributed by atoms with van der Waals surface area (Å²) in [5, 5.41) is 7.18. The SMILES string of the molecule is C[C@@H](NCc1nc2scc(-c3ccccc3Cl)c2c(=O)[nH]1)c1ccccc1Cl. The Morgan fingerprint density at radius 3 is 2.54 bits per heavy atom. The van der Waals surface area contributed by atoms with Gasteiger partial charge < -0.3 is 10.3 Å². The maximum Gasteiger partial charge on any atom is 0.260 e. The predicted molar refractivity (Wildman–Crippen MR) is 117 cm³/mol. The molecule has 0 aliphatic heterocycles. The number of aromatic nitrogens is 2. The van der Waals surface area contributed by atoms with Crippen molar-refractivity contribution in [2.75, 3.05) is 0 Å². The first-order chi connectivity index (χ1) is 13.5. The molecule has 0 unspecified atom stereocenters. The Hall–Kier alpha value is -2.18. The molecule has 2 aromatic carbocycles. The van der Waals surface area contributed by atoms with Crippen molar-refractivity contribution in [2.24, 2.45) is 0 Å². The highest BCUT2D eigenvalue weighted by Gasteiger charge is 2.15. The summed E-state index contributed by atoms with van der Waals surface area (Å²) in [5.41, 5.74) is 2.48. The zero-order chi connectivity index (χ0) is 19.7. The molecule has 0 aliphatic carbocycles. The van der Waals surface area contributed by atoms with Gasteiger partial charge in [0.1, 0.15) is 10.7 Å². The molecule has 0 radical (unpaired) electrons. The number of fused-ring (bicyclic) bond motifs is 1. The number of hydrogen-bond donors (Lipinski definition) is 2. The Morgan fingerprint density at radius 2 is 1.79 bits per heavy atom. The minimum Gasteiger partial charge on any atom is -0.309 e. The van der Waals surface area contributed by atoms with Gasteiger partial charge in [0.05, 0.1) is 11.9 Å². The Balaban J connectivity index is 1.62. The van der Waals surface area contributed by atoms with Crippen LogP contribution in [0.3, 0.4) is 0 Å². The Bertz CT molecular complexity index is 1200. The summed E-state index contributed by atoms with van der Waals surface area (Å²) in [7, 11) is 0. The molecule has 0 bridgehead atoms. The van der Waals surface area contributed by atoms with Crippen LogP contribution in [-0.2, 0) is 6.54 Å². The fourth-order valence-corrected chi connectivity index (χ4v) is 4.64. The van der Waals surface area contributed by atoms with Crippen LogP contribution in [0.2, 0.25) is 10.0 Å². The maximum atomic E-state index is 12.8. The molecule has 0 spiro atoms. The smallest absolute Gasteiger partial charge is 0.260 e. The van der Waals surface area contributed by atoms with Gasteiger partial charge in [-0.2, -0.15) is 0 Å². The van der Waals surface area contributed by atoms with E-state index in [-0.39, 0.29) is 11.6 Å². The molecule has 0 saturated heterocycles. The van der Waals surface area contributed by atoms with Crippen LogP contribution >= 0.6 is 34.5 Å². The Kier molecular flexibility index (Phi) is 5.51. The summed E-state index contributed by atoms with van der Waals surface area (Å²) in [6, 6.07) is 15.2. The molecule has 2 aromatic heterocycles. The number of thiophene rings is 1. The van der Waals surface area contributed by atoms with Gasteiger partial charge >= 0.3 is 0 Å². The molecule has 28 heavy (non-hydrogen) atoms. The molecule has 4 nitrogen and oxygen atoms in total. The van der Waals surface area contributed by atoms with Gasteiger partial charge in [-0.1, -0.05) is 59.6 Å². The lowest BCUT2D eigenvalue weighted by atomic mass is 10.1. The van der Waals surface area contributed by atoms with Crippen LogP contribution in [0.25, 0.3) is 21.3 Å². The van der Waals surface area contributed by atoms with E-state index in [1.165, 1.54) is 11.3 Å². The first-order valence-electron chi connectivity index (χ1n) is 8.77. The van der Waals surface area contributed by atoms with E-state index in [1.807, 2.05) is 60.8 Å². The normalized spacial score (nSPS) is 12.4. The van der Waals surface area contributed by atoms with Gasteiger partial charge in [0.2, 0.25) is 0 Å². The molecule has 0 amide bonds. The van der Waals surface area contributed by atoms with Gasteiger partial charge in [-0.3, -0.25) is 4.79 Å². The molecule has 0 aliphatic rings. The molecule has 1 atom stereocenters. The molecule has 2 heterocycles. The first kappa shape index (κ1) is 19.2. The first-order valence-corrected chi connectivity index (χ1v) is 10.4. The van der Waals surface area contributed by atoms with E-state index >= 15 is 0 Å². The Labute approximate surface area is 176 Å². The maximum absolute atomic E-state index is 12.8. The highest BCUT2D eigenvalue weighted by Crippen LogP contribution is 2.34. The third kappa shape index (κ3) is 3.71. The largest absolute Gasteiger partial charge is 0.309 e. The van der Waals surface area contributed by atoms with E-state index in [4.69, 9.17) is 23.2 Å². The molecule has 142 valence electrons. The molecule has 0 fully saturated rings. The van der Waals surface area contributed by atoms with Gasteiger partial charge in [-0.05, 0) is 24.6 Å². The summed E-state index contributed by atoms with van der Waals surface area (Å²) >= 11 is 14.0. The van der Waals surface area contributed by atoms with E-state index < -0.39 is 0 Å². The minimum absolute atomic E-state index is 0.0247. The Morgan fingerprint density at radius 1 is 1.07 bits per heavy atom. The molecular formula is C21H17Cl2N3OS. The number of halogens is 2. The second-order valence-electron chi connectivity index (χ2n) is 6.45. The molecule has 4 rings (SSSR count). The number of nitrogens with one attached hydrogen (secondary N) is 2. The van der Waals surface area contributed by atoms with Crippen LogP contribution in [0.15, 0.2) is 58.7 Å². The van der Waals surface area contributed by atoms with Gasteiger partial charge in [-0.25, -0.2) is 4.98 Å². The monoisotopic (exact) mass is 429 g/mol. The van der Waals surface area contributed by atoms with Crippen LogP contribution in [0.4, 0.5) is 0 Å². The van der Waals surface area contributed by atoms with Crippen LogP contribution in [-0.4, -0.2) is 9.97 Å². The van der Waals surface area contributed by atoms with E-state index in [9.17, 15) is 4.79 Å². The molecular weight excluding hydrogens is 413 g/mol. The zero-order valence-corrected chi connectivity index (χ0v) is 17.3. The van der Waals surface area contributed by atoms with Gasteiger partial charge in [-0.15, -0.1) is 11.3 Å². The number of H-pyrrole nitrogens is 1. The number of aromatic amines is 1. The van der Waals surface area contributed by atoms with Crippen LogP contribution in [0.5, 0.6) is 0 Å². The van der Waals surface area contributed by atoms with Gasteiger partial charge in [0, 0.05) is 32.6 Å². The summed E-state index contributed by atoms with van der Waals surface area (Å²) in [5.74, 6) is 0.587. The van der Waals surface area contributed by atoms with Crippen molar-refractivity contribution in [2.45, 2.75) is 19.5 Å². The third-order valence-corrected chi connectivity index (χ3v) is 6.15. The average molecular weight is 430 g/mol. The lowest BCUT2D eigenvalue weighted by Gasteiger charge is -2.15. The zero-order valence-electron chi connectivity index (χ0n) is 15.0. The second kappa shape index (κ2) is 8.05. The van der Waals surface area contributed by atoms with Crippen LogP contribution in [0, 0.1) is 0 Å². The molecule has 2 N–H and O–H groups in total. The second-order valence-corrected chi connectivity index (χ2v) is 8.12.